The van der Waals surface area contributed by atoms with Crippen molar-refractivity contribution in [1.82, 2.24) is 10.1 Å². The molecule has 0 aliphatic heterocycles. The molecule has 4 rings (SSSR count). The number of carbonyl (C=O) groups is 2. The molecule has 0 fully saturated rings. The molecule has 1 N–H and O–H groups in total. The molecule has 162 valence electrons. The summed E-state index contributed by atoms with van der Waals surface area (Å²) in [4.78, 5) is 29.4. The van der Waals surface area contributed by atoms with E-state index >= 15 is 0 Å². The number of para-hydroxylation sites is 1. The van der Waals surface area contributed by atoms with Gasteiger partial charge in [-0.05, 0) is 25.5 Å². The number of aryl methyl sites for hydroxylation is 2. The summed E-state index contributed by atoms with van der Waals surface area (Å²) in [6, 6.07) is 16.9. The predicted molar refractivity (Wildman–Crippen MR) is 121 cm³/mol. The number of hydrogen-bond donors (Lipinski definition) is 1. The van der Waals surface area contributed by atoms with Crippen molar-refractivity contribution in [2.24, 2.45) is 0 Å². The molecular weight excluding hydrogens is 426 g/mol. The molecule has 7 nitrogen and oxygen atoms in total. The number of thiazole rings is 1. The van der Waals surface area contributed by atoms with Crippen molar-refractivity contribution in [2.45, 2.75) is 26.9 Å². The van der Waals surface area contributed by atoms with Gasteiger partial charge in [-0.25, -0.2) is 9.78 Å². The number of hydrogen-bond acceptors (Lipinski definition) is 7. The Hall–Kier alpha value is -3.78. The number of nitrogens with zero attached hydrogens (tertiary/aromatic N) is 2. The summed E-state index contributed by atoms with van der Waals surface area (Å²) in [5, 5.41) is 9.32. The van der Waals surface area contributed by atoms with E-state index in [0.29, 0.717) is 27.7 Å². The maximum atomic E-state index is 12.7. The number of ether oxygens (including phenoxy) is 1. The van der Waals surface area contributed by atoms with Gasteiger partial charge in [0.2, 0.25) is 5.91 Å². The van der Waals surface area contributed by atoms with E-state index in [4.69, 9.17) is 9.26 Å². The first-order chi connectivity index (χ1) is 15.5. The Kier molecular flexibility index (Phi) is 6.42. The van der Waals surface area contributed by atoms with Crippen molar-refractivity contribution < 1.29 is 18.8 Å². The summed E-state index contributed by atoms with van der Waals surface area (Å²) in [6.07, 6.45) is 0.149. The van der Waals surface area contributed by atoms with E-state index in [-0.39, 0.29) is 18.9 Å². The molecule has 2 heterocycles. The summed E-state index contributed by atoms with van der Waals surface area (Å²) in [6.45, 7) is 3.60. The average molecular weight is 448 g/mol. The third-order valence-electron chi connectivity index (χ3n) is 4.80. The maximum Gasteiger partial charge on any atom is 0.344 e. The Morgan fingerprint density at radius 3 is 2.59 bits per heavy atom. The van der Waals surface area contributed by atoms with E-state index in [1.165, 1.54) is 11.3 Å². The van der Waals surface area contributed by atoms with Gasteiger partial charge in [-0.15, -0.1) is 11.3 Å². The highest BCUT2D eigenvalue weighted by molar-refractivity contribution is 7.09. The fourth-order valence-electron chi connectivity index (χ4n) is 3.16. The SMILES string of the molecule is Cc1ccccc1NC(=O)Cc1nc(COC(=O)c2c(-c3ccccc3)noc2C)cs1. The standard InChI is InChI=1S/C24H21N3O4S/c1-15-8-6-7-11-19(15)26-20(28)12-21-25-18(14-32-21)13-30-24(29)22-16(2)31-27-23(22)17-9-4-3-5-10-17/h3-11,14H,12-13H2,1-2H3,(H,26,28). The van der Waals surface area contributed by atoms with Crippen molar-refractivity contribution in [1.29, 1.82) is 0 Å². The van der Waals surface area contributed by atoms with Crippen LogP contribution in [0.2, 0.25) is 0 Å². The minimum Gasteiger partial charge on any atom is -0.455 e. The number of nitrogens with one attached hydrogen (secondary N) is 1. The molecule has 0 saturated carbocycles. The van der Waals surface area contributed by atoms with Crippen LogP contribution in [0.25, 0.3) is 11.3 Å². The molecule has 0 aliphatic carbocycles. The highest BCUT2D eigenvalue weighted by atomic mass is 32.1. The lowest BCUT2D eigenvalue weighted by Gasteiger charge is -2.06. The van der Waals surface area contributed by atoms with Crippen LogP contribution in [-0.2, 0) is 22.6 Å². The van der Waals surface area contributed by atoms with Crippen molar-refractivity contribution in [3.63, 3.8) is 0 Å². The zero-order valence-corrected chi connectivity index (χ0v) is 18.4. The molecule has 0 unspecified atom stereocenters. The van der Waals surface area contributed by atoms with Crippen molar-refractivity contribution in [3.05, 3.63) is 87.6 Å². The number of carbonyl (C=O) groups excluding carboxylic acids is 2. The zero-order valence-electron chi connectivity index (χ0n) is 17.6. The van der Waals surface area contributed by atoms with E-state index in [1.54, 1.807) is 12.3 Å². The van der Waals surface area contributed by atoms with Crippen LogP contribution in [0.4, 0.5) is 5.69 Å². The van der Waals surface area contributed by atoms with Gasteiger partial charge < -0.3 is 14.6 Å². The lowest BCUT2D eigenvalue weighted by Crippen LogP contribution is -2.15. The Morgan fingerprint density at radius 2 is 1.81 bits per heavy atom. The molecule has 2 aromatic heterocycles. The van der Waals surface area contributed by atoms with Crippen molar-refractivity contribution in [2.75, 3.05) is 5.32 Å². The number of aromatic nitrogens is 2. The van der Waals surface area contributed by atoms with E-state index in [2.05, 4.69) is 15.5 Å². The van der Waals surface area contributed by atoms with E-state index < -0.39 is 5.97 Å². The molecule has 0 aliphatic rings. The minimum absolute atomic E-state index is 0.00635. The molecule has 4 aromatic rings. The van der Waals surface area contributed by atoms with Gasteiger partial charge in [-0.3, -0.25) is 4.79 Å². The van der Waals surface area contributed by atoms with Crippen LogP contribution in [0.5, 0.6) is 0 Å². The van der Waals surface area contributed by atoms with Crippen LogP contribution < -0.4 is 5.32 Å². The summed E-state index contributed by atoms with van der Waals surface area (Å²) >= 11 is 1.35. The summed E-state index contributed by atoms with van der Waals surface area (Å²) in [5.41, 5.74) is 3.86. The first-order valence-electron chi connectivity index (χ1n) is 9.99. The third kappa shape index (κ3) is 4.92. The maximum absolute atomic E-state index is 12.7. The monoisotopic (exact) mass is 447 g/mol. The van der Waals surface area contributed by atoms with Gasteiger partial charge in [-0.1, -0.05) is 53.7 Å². The normalized spacial score (nSPS) is 10.7. The van der Waals surface area contributed by atoms with E-state index in [1.807, 2.05) is 61.5 Å². The highest BCUT2D eigenvalue weighted by Crippen LogP contribution is 2.26. The van der Waals surface area contributed by atoms with Crippen LogP contribution in [0.15, 0.2) is 64.5 Å². The Morgan fingerprint density at radius 1 is 1.06 bits per heavy atom. The van der Waals surface area contributed by atoms with Crippen LogP contribution in [0.1, 0.15) is 32.4 Å². The third-order valence-corrected chi connectivity index (χ3v) is 5.69. The predicted octanol–water partition coefficient (Wildman–Crippen LogP) is 4.95. The van der Waals surface area contributed by atoms with Gasteiger partial charge in [0, 0.05) is 16.6 Å². The van der Waals surface area contributed by atoms with Gasteiger partial charge in [0.05, 0.1) is 12.1 Å². The summed E-state index contributed by atoms with van der Waals surface area (Å²) in [5.74, 6) is -0.292. The number of esters is 1. The van der Waals surface area contributed by atoms with Gasteiger partial charge in [-0.2, -0.15) is 0 Å². The van der Waals surface area contributed by atoms with Gasteiger partial charge in [0.25, 0.3) is 0 Å². The molecule has 0 spiro atoms. The number of rotatable bonds is 7. The second-order valence-corrected chi connectivity index (χ2v) is 8.12. The fourth-order valence-corrected chi connectivity index (χ4v) is 3.94. The molecule has 2 aromatic carbocycles. The molecule has 32 heavy (non-hydrogen) atoms. The Balaban J connectivity index is 1.37. The number of benzene rings is 2. The van der Waals surface area contributed by atoms with Gasteiger partial charge >= 0.3 is 5.97 Å². The fraction of sp³-hybridized carbons (Fsp3) is 0.167. The summed E-state index contributed by atoms with van der Waals surface area (Å²) < 4.78 is 10.7. The largest absolute Gasteiger partial charge is 0.455 e. The van der Waals surface area contributed by atoms with Crippen LogP contribution in [0, 0.1) is 13.8 Å². The topological polar surface area (TPSA) is 94.3 Å². The van der Waals surface area contributed by atoms with E-state index in [0.717, 1.165) is 16.8 Å². The van der Waals surface area contributed by atoms with Crippen molar-refractivity contribution >= 4 is 28.9 Å². The molecule has 0 bridgehead atoms. The Labute approximate surface area is 189 Å². The van der Waals surface area contributed by atoms with Crippen LogP contribution in [-0.4, -0.2) is 22.0 Å². The number of amides is 1. The smallest absolute Gasteiger partial charge is 0.344 e. The highest BCUT2D eigenvalue weighted by Gasteiger charge is 2.23. The molecule has 8 heteroatoms. The lowest BCUT2D eigenvalue weighted by atomic mass is 10.1. The first-order valence-corrected chi connectivity index (χ1v) is 10.9. The zero-order chi connectivity index (χ0) is 22.5. The van der Waals surface area contributed by atoms with E-state index in [9.17, 15) is 9.59 Å². The minimum atomic E-state index is -0.533. The molecule has 0 atom stereocenters. The van der Waals surface area contributed by atoms with Gasteiger partial charge in [0.15, 0.2) is 0 Å². The molecule has 0 saturated heterocycles. The summed E-state index contributed by atoms with van der Waals surface area (Å²) in [7, 11) is 0. The molecular formula is C24H21N3O4S. The molecule has 0 radical (unpaired) electrons. The van der Waals surface area contributed by atoms with Crippen LogP contribution >= 0.6 is 11.3 Å². The lowest BCUT2D eigenvalue weighted by molar-refractivity contribution is -0.115. The second kappa shape index (κ2) is 9.57. The average Bonchev–Trinajstić information content (AvgIpc) is 3.40. The first kappa shape index (κ1) is 21.5. The van der Waals surface area contributed by atoms with Gasteiger partial charge in [0.1, 0.15) is 28.6 Å². The Bertz CT molecular complexity index is 1250. The molecule has 1 amide bonds. The van der Waals surface area contributed by atoms with Crippen LogP contribution in [0.3, 0.4) is 0 Å². The number of anilines is 1. The quantitative estimate of drug-likeness (QED) is 0.403. The second-order valence-electron chi connectivity index (χ2n) is 7.18. The van der Waals surface area contributed by atoms with Crippen molar-refractivity contribution in [3.8, 4) is 11.3 Å².